The molecule has 34 heavy (non-hydrogen) atoms. The van der Waals surface area contributed by atoms with E-state index in [1.807, 2.05) is 6.92 Å². The van der Waals surface area contributed by atoms with E-state index in [0.717, 1.165) is 5.56 Å². The van der Waals surface area contributed by atoms with Crippen molar-refractivity contribution in [2.24, 2.45) is 5.10 Å². The summed E-state index contributed by atoms with van der Waals surface area (Å²) in [6.07, 6.45) is 1.46. The second kappa shape index (κ2) is 11.7. The molecule has 3 aromatic rings. The Balaban J connectivity index is 1.58. The van der Waals surface area contributed by atoms with Crippen LogP contribution in [0.3, 0.4) is 0 Å². The molecule has 3 rings (SSSR count). The van der Waals surface area contributed by atoms with E-state index in [9.17, 15) is 14.9 Å². The van der Waals surface area contributed by atoms with Gasteiger partial charge in [0.15, 0.2) is 11.5 Å². The van der Waals surface area contributed by atoms with Crippen LogP contribution in [0.1, 0.15) is 28.4 Å². The number of carbonyl (C=O) groups excluding carboxylic acids is 1. The largest absolute Gasteiger partial charge is 0.493 e. The number of hydrogen-bond donors (Lipinski definition) is 1. The van der Waals surface area contributed by atoms with Gasteiger partial charge in [-0.05, 0) is 66.6 Å². The number of nitrogens with one attached hydrogen (secondary N) is 1. The van der Waals surface area contributed by atoms with Crippen molar-refractivity contribution in [1.29, 1.82) is 0 Å². The molecule has 0 fully saturated rings. The summed E-state index contributed by atoms with van der Waals surface area (Å²) in [5.41, 5.74) is 4.26. The monoisotopic (exact) mass is 483 g/mol. The normalized spacial score (nSPS) is 10.7. The van der Waals surface area contributed by atoms with Crippen LogP contribution in [-0.4, -0.2) is 30.8 Å². The van der Waals surface area contributed by atoms with E-state index in [0.29, 0.717) is 40.0 Å². The minimum atomic E-state index is -0.459. The SMILES string of the molecule is CCOc1cc(C(=O)N/N=C/c2ccc(OCc3ccc([N+](=O)[O-])cc3)c(Cl)c2)ccc1OC. The predicted octanol–water partition coefficient (Wildman–Crippen LogP) is 5.00. The lowest BCUT2D eigenvalue weighted by Crippen LogP contribution is -2.17. The third-order valence-corrected chi connectivity index (χ3v) is 4.90. The van der Waals surface area contributed by atoms with Gasteiger partial charge in [0.1, 0.15) is 12.4 Å². The first-order valence-electron chi connectivity index (χ1n) is 10.2. The summed E-state index contributed by atoms with van der Waals surface area (Å²) in [7, 11) is 1.53. The number of nitro groups is 1. The topological polar surface area (TPSA) is 112 Å². The molecule has 0 heterocycles. The lowest BCUT2D eigenvalue weighted by Gasteiger charge is -2.10. The Kier molecular flexibility index (Phi) is 8.42. The second-order valence-corrected chi connectivity index (χ2v) is 7.31. The van der Waals surface area contributed by atoms with Crippen LogP contribution in [-0.2, 0) is 6.61 Å². The van der Waals surface area contributed by atoms with E-state index in [2.05, 4.69) is 10.5 Å². The van der Waals surface area contributed by atoms with E-state index in [-0.39, 0.29) is 12.3 Å². The maximum atomic E-state index is 12.4. The minimum Gasteiger partial charge on any atom is -0.493 e. The predicted molar refractivity (Wildman–Crippen MR) is 128 cm³/mol. The van der Waals surface area contributed by atoms with Gasteiger partial charge in [-0.3, -0.25) is 14.9 Å². The number of ether oxygens (including phenoxy) is 3. The summed E-state index contributed by atoms with van der Waals surface area (Å²) in [5, 5.41) is 15.1. The van der Waals surface area contributed by atoms with Crippen LogP contribution in [0.15, 0.2) is 65.8 Å². The number of carbonyl (C=O) groups is 1. The number of methoxy groups -OCH3 is 1. The number of hydrogen-bond acceptors (Lipinski definition) is 7. The van der Waals surface area contributed by atoms with Crippen LogP contribution in [0.4, 0.5) is 5.69 Å². The van der Waals surface area contributed by atoms with Gasteiger partial charge in [0.2, 0.25) is 0 Å². The minimum absolute atomic E-state index is 0.0132. The number of hydrazone groups is 1. The molecule has 0 aromatic heterocycles. The zero-order chi connectivity index (χ0) is 24.5. The molecule has 0 saturated heterocycles. The molecule has 3 aromatic carbocycles. The molecule has 176 valence electrons. The van der Waals surface area contributed by atoms with Gasteiger partial charge in [0, 0.05) is 17.7 Å². The summed E-state index contributed by atoms with van der Waals surface area (Å²) >= 11 is 6.29. The Morgan fingerprint density at radius 2 is 1.79 bits per heavy atom. The fourth-order valence-electron chi connectivity index (χ4n) is 2.91. The Morgan fingerprint density at radius 3 is 2.44 bits per heavy atom. The number of amides is 1. The second-order valence-electron chi connectivity index (χ2n) is 6.90. The summed E-state index contributed by atoms with van der Waals surface area (Å²) < 4.78 is 16.4. The standard InChI is InChI=1S/C24H22ClN3O6/c1-3-33-23-13-18(7-11-22(23)32-2)24(29)27-26-14-17-6-10-21(20(25)12-17)34-15-16-4-8-19(9-5-16)28(30)31/h4-14H,3,15H2,1-2H3,(H,27,29)/b26-14+. The smallest absolute Gasteiger partial charge is 0.271 e. The molecule has 0 aliphatic carbocycles. The van der Waals surface area contributed by atoms with Gasteiger partial charge in [-0.2, -0.15) is 5.10 Å². The van der Waals surface area contributed by atoms with Gasteiger partial charge < -0.3 is 14.2 Å². The van der Waals surface area contributed by atoms with Crippen molar-refractivity contribution in [2.45, 2.75) is 13.5 Å². The van der Waals surface area contributed by atoms with Gasteiger partial charge >= 0.3 is 0 Å². The number of non-ortho nitro benzene ring substituents is 1. The van der Waals surface area contributed by atoms with Crippen LogP contribution < -0.4 is 19.6 Å². The third kappa shape index (κ3) is 6.46. The zero-order valence-corrected chi connectivity index (χ0v) is 19.2. The zero-order valence-electron chi connectivity index (χ0n) is 18.5. The maximum absolute atomic E-state index is 12.4. The van der Waals surface area contributed by atoms with Crippen LogP contribution in [0.2, 0.25) is 5.02 Å². The number of nitro benzene ring substituents is 1. The molecule has 0 aliphatic rings. The summed E-state index contributed by atoms with van der Waals surface area (Å²) in [6.45, 7) is 2.48. The van der Waals surface area contributed by atoms with Gasteiger partial charge in [-0.1, -0.05) is 11.6 Å². The van der Waals surface area contributed by atoms with E-state index < -0.39 is 10.8 Å². The Morgan fingerprint density at radius 1 is 1.06 bits per heavy atom. The van der Waals surface area contributed by atoms with Crippen molar-refractivity contribution in [1.82, 2.24) is 5.43 Å². The van der Waals surface area contributed by atoms with Crippen molar-refractivity contribution in [3.63, 3.8) is 0 Å². The molecule has 0 unspecified atom stereocenters. The van der Waals surface area contributed by atoms with Crippen LogP contribution >= 0.6 is 11.6 Å². The van der Waals surface area contributed by atoms with Gasteiger partial charge in [-0.25, -0.2) is 5.43 Å². The number of halogens is 1. The molecule has 9 nitrogen and oxygen atoms in total. The third-order valence-electron chi connectivity index (χ3n) is 4.60. The lowest BCUT2D eigenvalue weighted by atomic mass is 10.2. The maximum Gasteiger partial charge on any atom is 0.271 e. The first-order chi connectivity index (χ1) is 16.4. The van der Waals surface area contributed by atoms with Crippen molar-refractivity contribution in [3.8, 4) is 17.2 Å². The van der Waals surface area contributed by atoms with Gasteiger partial charge in [0.25, 0.3) is 11.6 Å². The lowest BCUT2D eigenvalue weighted by molar-refractivity contribution is -0.384. The molecule has 0 spiro atoms. The van der Waals surface area contributed by atoms with E-state index in [1.54, 1.807) is 48.5 Å². The fraction of sp³-hybridized carbons (Fsp3) is 0.167. The Bertz CT molecular complexity index is 1200. The highest BCUT2D eigenvalue weighted by Gasteiger charge is 2.11. The summed E-state index contributed by atoms with van der Waals surface area (Å²) in [4.78, 5) is 22.7. The highest BCUT2D eigenvalue weighted by molar-refractivity contribution is 6.32. The van der Waals surface area contributed by atoms with Crippen LogP contribution in [0.25, 0.3) is 0 Å². The molecule has 0 saturated carbocycles. The first kappa shape index (κ1) is 24.5. The number of benzene rings is 3. The number of rotatable bonds is 10. The molecular formula is C24H22ClN3O6. The quantitative estimate of drug-likeness (QED) is 0.247. The Hall–Kier alpha value is -4.11. The van der Waals surface area contributed by atoms with E-state index in [4.69, 9.17) is 25.8 Å². The summed E-state index contributed by atoms with van der Waals surface area (Å²) in [6, 6.07) is 16.0. The van der Waals surface area contributed by atoms with Crippen molar-refractivity contribution < 1.29 is 23.9 Å². The van der Waals surface area contributed by atoms with Crippen molar-refractivity contribution in [3.05, 3.63) is 92.5 Å². The van der Waals surface area contributed by atoms with E-state index in [1.165, 1.54) is 25.5 Å². The van der Waals surface area contributed by atoms with Gasteiger partial charge in [0.05, 0.1) is 29.9 Å². The molecule has 0 radical (unpaired) electrons. The highest BCUT2D eigenvalue weighted by atomic mass is 35.5. The summed E-state index contributed by atoms with van der Waals surface area (Å²) in [5.74, 6) is 1.04. The van der Waals surface area contributed by atoms with Crippen LogP contribution in [0, 0.1) is 10.1 Å². The fourth-order valence-corrected chi connectivity index (χ4v) is 3.15. The molecule has 1 amide bonds. The van der Waals surface area contributed by atoms with Crippen molar-refractivity contribution in [2.75, 3.05) is 13.7 Å². The first-order valence-corrected chi connectivity index (χ1v) is 10.6. The van der Waals surface area contributed by atoms with Crippen LogP contribution in [0.5, 0.6) is 17.2 Å². The molecule has 0 aliphatic heterocycles. The molecular weight excluding hydrogens is 462 g/mol. The molecule has 10 heteroatoms. The van der Waals surface area contributed by atoms with Gasteiger partial charge in [-0.15, -0.1) is 0 Å². The average Bonchev–Trinajstić information content (AvgIpc) is 2.84. The molecule has 0 atom stereocenters. The highest BCUT2D eigenvalue weighted by Crippen LogP contribution is 2.28. The molecule has 1 N–H and O–H groups in total. The van der Waals surface area contributed by atoms with Crippen molar-refractivity contribution >= 4 is 29.4 Å². The Labute approximate surface area is 201 Å². The average molecular weight is 484 g/mol. The number of nitrogens with zero attached hydrogens (tertiary/aromatic N) is 2. The van der Waals surface area contributed by atoms with E-state index >= 15 is 0 Å². The molecule has 0 bridgehead atoms.